The number of nitrogens with zero attached hydrogens (tertiary/aromatic N) is 2. The van der Waals surface area contributed by atoms with Crippen molar-refractivity contribution >= 4 is 27.3 Å². The summed E-state index contributed by atoms with van der Waals surface area (Å²) in [5.41, 5.74) is 0.0230. The Morgan fingerprint density at radius 2 is 2.15 bits per heavy atom. The van der Waals surface area contributed by atoms with E-state index < -0.39 is 10.0 Å². The monoisotopic (exact) mass is 317 g/mol. The summed E-state index contributed by atoms with van der Waals surface area (Å²) in [5.74, 6) is -0.170. The highest BCUT2D eigenvalue weighted by Crippen LogP contribution is 2.35. The third-order valence-corrected chi connectivity index (χ3v) is 5.40. The first-order valence-corrected chi connectivity index (χ1v) is 9.20. The number of likely N-dealkylation sites (tertiary alicyclic amines) is 1. The second-order valence-corrected chi connectivity index (χ2v) is 8.10. The highest BCUT2D eigenvalue weighted by Gasteiger charge is 2.35. The summed E-state index contributed by atoms with van der Waals surface area (Å²) in [6, 6.07) is 0. The van der Waals surface area contributed by atoms with Crippen molar-refractivity contribution in [1.82, 2.24) is 14.6 Å². The van der Waals surface area contributed by atoms with E-state index in [2.05, 4.69) is 16.6 Å². The van der Waals surface area contributed by atoms with Crippen LogP contribution in [0.5, 0.6) is 0 Å². The van der Waals surface area contributed by atoms with Gasteiger partial charge in [0.15, 0.2) is 0 Å². The average Bonchev–Trinajstić information content (AvgIpc) is 2.90. The Hall–Kier alpha value is -0.990. The molecule has 0 aliphatic carbocycles. The molecule has 0 radical (unpaired) electrons. The van der Waals surface area contributed by atoms with Crippen LogP contribution in [-0.2, 0) is 20.2 Å². The second kappa shape index (κ2) is 5.79. The number of hydrogen-bond acceptors (Lipinski definition) is 5. The van der Waals surface area contributed by atoms with E-state index in [1.54, 1.807) is 22.4 Å². The summed E-state index contributed by atoms with van der Waals surface area (Å²) in [4.78, 5) is 18.0. The predicted molar refractivity (Wildman–Crippen MR) is 78.1 cm³/mol. The van der Waals surface area contributed by atoms with Gasteiger partial charge in [0.25, 0.3) is 0 Å². The third kappa shape index (κ3) is 3.77. The van der Waals surface area contributed by atoms with Gasteiger partial charge in [0, 0.05) is 30.1 Å². The van der Waals surface area contributed by atoms with E-state index in [-0.39, 0.29) is 17.9 Å². The summed E-state index contributed by atoms with van der Waals surface area (Å²) >= 11 is 1.65. The van der Waals surface area contributed by atoms with Crippen LogP contribution < -0.4 is 4.72 Å². The van der Waals surface area contributed by atoms with Gasteiger partial charge < -0.3 is 4.90 Å². The van der Waals surface area contributed by atoms with Crippen LogP contribution in [0, 0.1) is 0 Å². The van der Waals surface area contributed by atoms with E-state index in [9.17, 15) is 13.2 Å². The van der Waals surface area contributed by atoms with E-state index in [0.717, 1.165) is 24.1 Å². The van der Waals surface area contributed by atoms with Crippen LogP contribution in [-0.4, -0.2) is 50.1 Å². The third-order valence-electron chi connectivity index (χ3n) is 3.65. The van der Waals surface area contributed by atoms with Crippen LogP contribution in [0.3, 0.4) is 0 Å². The van der Waals surface area contributed by atoms with E-state index >= 15 is 0 Å². The Bertz CT molecular complexity index is 561. The lowest BCUT2D eigenvalue weighted by Crippen LogP contribution is -2.47. The Balaban J connectivity index is 1.89. The zero-order chi connectivity index (χ0) is 14.8. The molecule has 0 atom stereocenters. The number of nitrogens with one attached hydrogen (secondary N) is 1. The molecule has 2 rings (SSSR count). The fraction of sp³-hybridized carbons (Fsp3) is 0.667. The maximum atomic E-state index is 11.9. The topological polar surface area (TPSA) is 79.4 Å². The van der Waals surface area contributed by atoms with E-state index in [4.69, 9.17) is 0 Å². The van der Waals surface area contributed by atoms with Gasteiger partial charge in [0.1, 0.15) is 0 Å². The van der Waals surface area contributed by atoms with Gasteiger partial charge in [-0.25, -0.2) is 18.1 Å². The minimum atomic E-state index is -3.32. The first kappa shape index (κ1) is 15.4. The predicted octanol–water partition coefficient (Wildman–Crippen LogP) is 0.572. The van der Waals surface area contributed by atoms with Gasteiger partial charge in [-0.05, 0) is 12.8 Å². The first-order chi connectivity index (χ1) is 9.30. The quantitative estimate of drug-likeness (QED) is 0.880. The SMILES string of the molecule is CC1(c2nccs2)CCN(C(=O)CNS(C)(=O)=O)CC1. The van der Waals surface area contributed by atoms with Crippen molar-refractivity contribution in [2.45, 2.75) is 25.2 Å². The highest BCUT2D eigenvalue weighted by atomic mass is 32.2. The maximum absolute atomic E-state index is 11.9. The van der Waals surface area contributed by atoms with E-state index in [1.165, 1.54) is 0 Å². The van der Waals surface area contributed by atoms with E-state index in [1.807, 2.05) is 5.38 Å². The van der Waals surface area contributed by atoms with Gasteiger partial charge in [-0.15, -0.1) is 11.3 Å². The van der Waals surface area contributed by atoms with Gasteiger partial charge in [-0.3, -0.25) is 4.79 Å². The Morgan fingerprint density at radius 3 is 2.65 bits per heavy atom. The highest BCUT2D eigenvalue weighted by molar-refractivity contribution is 7.88. The first-order valence-electron chi connectivity index (χ1n) is 6.43. The number of carbonyl (C=O) groups excluding carboxylic acids is 1. The fourth-order valence-corrected chi connectivity index (χ4v) is 3.54. The van der Waals surface area contributed by atoms with Crippen LogP contribution in [0.15, 0.2) is 11.6 Å². The molecule has 0 saturated carbocycles. The number of thiazole rings is 1. The summed E-state index contributed by atoms with van der Waals surface area (Å²) in [5, 5.41) is 3.08. The molecular weight excluding hydrogens is 298 g/mol. The van der Waals surface area contributed by atoms with Gasteiger partial charge in [-0.1, -0.05) is 6.92 Å². The number of aromatic nitrogens is 1. The number of amides is 1. The summed E-state index contributed by atoms with van der Waals surface area (Å²) in [7, 11) is -3.32. The van der Waals surface area contributed by atoms with Crippen molar-refractivity contribution in [3.63, 3.8) is 0 Å². The molecular formula is C12H19N3O3S2. The molecule has 0 unspecified atom stereocenters. The lowest BCUT2D eigenvalue weighted by molar-refractivity contribution is -0.131. The summed E-state index contributed by atoms with van der Waals surface area (Å²) < 4.78 is 24.2. The van der Waals surface area contributed by atoms with Crippen molar-refractivity contribution < 1.29 is 13.2 Å². The molecule has 8 heteroatoms. The zero-order valence-electron chi connectivity index (χ0n) is 11.6. The van der Waals surface area contributed by atoms with Crippen molar-refractivity contribution in [2.24, 2.45) is 0 Å². The molecule has 112 valence electrons. The smallest absolute Gasteiger partial charge is 0.237 e. The standard InChI is InChI=1S/C12H19N3O3S2/c1-12(11-13-5-8-19-11)3-6-15(7-4-12)10(16)9-14-20(2,17)18/h5,8,14H,3-4,6-7,9H2,1-2H3. The minimum Gasteiger partial charge on any atom is -0.341 e. The molecule has 1 amide bonds. The molecule has 1 aromatic rings. The molecule has 1 aliphatic rings. The van der Waals surface area contributed by atoms with E-state index in [0.29, 0.717) is 13.1 Å². The molecule has 1 N–H and O–H groups in total. The molecule has 0 aromatic carbocycles. The van der Waals surface area contributed by atoms with Crippen LogP contribution in [0.4, 0.5) is 0 Å². The molecule has 2 heterocycles. The molecule has 1 fully saturated rings. The van der Waals surface area contributed by atoms with Gasteiger partial charge in [0.2, 0.25) is 15.9 Å². The molecule has 0 spiro atoms. The minimum absolute atomic E-state index is 0.0230. The molecule has 6 nitrogen and oxygen atoms in total. The van der Waals surface area contributed by atoms with Crippen molar-refractivity contribution in [3.05, 3.63) is 16.6 Å². The lowest BCUT2D eigenvalue weighted by atomic mass is 9.81. The fourth-order valence-electron chi connectivity index (χ4n) is 2.29. The molecule has 1 aliphatic heterocycles. The van der Waals surface area contributed by atoms with Crippen molar-refractivity contribution in [1.29, 1.82) is 0 Å². The van der Waals surface area contributed by atoms with Crippen molar-refractivity contribution in [2.75, 3.05) is 25.9 Å². The van der Waals surface area contributed by atoms with Crippen LogP contribution >= 0.6 is 11.3 Å². The zero-order valence-corrected chi connectivity index (χ0v) is 13.3. The number of hydrogen-bond donors (Lipinski definition) is 1. The normalized spacial score (nSPS) is 19.0. The van der Waals surface area contributed by atoms with Crippen LogP contribution in [0.25, 0.3) is 0 Å². The van der Waals surface area contributed by atoms with Crippen molar-refractivity contribution in [3.8, 4) is 0 Å². The molecule has 1 saturated heterocycles. The Labute approximate surface area is 123 Å². The van der Waals surface area contributed by atoms with Gasteiger partial charge >= 0.3 is 0 Å². The molecule has 20 heavy (non-hydrogen) atoms. The second-order valence-electron chi connectivity index (χ2n) is 5.37. The number of rotatable bonds is 4. The van der Waals surface area contributed by atoms with Crippen LogP contribution in [0.1, 0.15) is 24.8 Å². The number of piperidine rings is 1. The Morgan fingerprint density at radius 1 is 1.50 bits per heavy atom. The molecule has 0 bridgehead atoms. The number of carbonyl (C=O) groups is 1. The van der Waals surface area contributed by atoms with Crippen LogP contribution in [0.2, 0.25) is 0 Å². The van der Waals surface area contributed by atoms with Gasteiger partial charge in [-0.2, -0.15) is 0 Å². The molecule has 1 aromatic heterocycles. The maximum Gasteiger partial charge on any atom is 0.237 e. The number of sulfonamides is 1. The largest absolute Gasteiger partial charge is 0.341 e. The van der Waals surface area contributed by atoms with Gasteiger partial charge in [0.05, 0.1) is 17.8 Å². The Kier molecular flexibility index (Phi) is 4.46. The lowest BCUT2D eigenvalue weighted by Gasteiger charge is -2.38. The summed E-state index contributed by atoms with van der Waals surface area (Å²) in [6.45, 7) is 3.29. The summed E-state index contributed by atoms with van der Waals surface area (Å²) in [6.07, 6.45) is 4.56. The average molecular weight is 317 g/mol.